The summed E-state index contributed by atoms with van der Waals surface area (Å²) < 4.78 is 23.6. The molecule has 64 heavy (non-hydrogen) atoms. The molecule has 3 heterocycles. The number of carbonyl (C=O) groups is 4. The number of rotatable bonds is 19. The van der Waals surface area contributed by atoms with Gasteiger partial charge in [-0.25, -0.2) is 9.83 Å². The summed E-state index contributed by atoms with van der Waals surface area (Å²) in [5, 5.41) is 16.1. The smallest absolute Gasteiger partial charge is 0.259 e. The van der Waals surface area contributed by atoms with Crippen LogP contribution in [-0.2, 0) is 35.2 Å². The monoisotopic (exact) mass is 911 g/mol. The topological polar surface area (TPSA) is 176 Å². The lowest BCUT2D eigenvalue weighted by Crippen LogP contribution is -2.52. The van der Waals surface area contributed by atoms with Gasteiger partial charge >= 0.3 is 0 Å². The predicted molar refractivity (Wildman–Crippen MR) is 247 cm³/mol. The van der Waals surface area contributed by atoms with Crippen molar-refractivity contribution >= 4 is 69.4 Å². The van der Waals surface area contributed by atoms with Crippen LogP contribution in [0.5, 0.6) is 11.5 Å². The first kappa shape index (κ1) is 47.5. The number of nitrogens with one attached hydrogen (secondary N) is 2. The fraction of sp³-hybridized carbons (Fsp3) is 0.413. The van der Waals surface area contributed by atoms with Gasteiger partial charge < -0.3 is 44.5 Å². The van der Waals surface area contributed by atoms with E-state index in [1.807, 2.05) is 75.1 Å². The molecule has 0 spiro atoms. The van der Waals surface area contributed by atoms with Gasteiger partial charge in [-0.15, -0.1) is 11.3 Å². The fourth-order valence-electron chi connectivity index (χ4n) is 7.58. The molecule has 6 rings (SSSR count). The number of hydrogen-bond acceptors (Lipinski definition) is 12. The van der Waals surface area contributed by atoms with Crippen LogP contribution in [0.2, 0.25) is 0 Å². The Morgan fingerprint density at radius 2 is 1.66 bits per heavy atom. The molecule has 338 valence electrons. The number of amides is 4. The average molecular weight is 912 g/mol. The van der Waals surface area contributed by atoms with Gasteiger partial charge in [0.05, 0.1) is 55.2 Å². The second-order valence-corrected chi connectivity index (χ2v) is 17.2. The van der Waals surface area contributed by atoms with Crippen LogP contribution < -0.4 is 29.9 Å². The van der Waals surface area contributed by atoms with E-state index in [-0.39, 0.29) is 44.5 Å². The molecule has 2 aliphatic heterocycles. The lowest BCUT2D eigenvalue weighted by atomic mass is 10.0. The first-order valence-corrected chi connectivity index (χ1v) is 22.1. The maximum atomic E-state index is 13.6. The van der Waals surface area contributed by atoms with Crippen molar-refractivity contribution in [3.8, 4) is 21.9 Å². The largest absolute Gasteiger partial charge is 0.491 e. The zero-order chi connectivity index (χ0) is 46.1. The van der Waals surface area contributed by atoms with E-state index < -0.39 is 35.5 Å². The van der Waals surface area contributed by atoms with Crippen LogP contribution in [-0.4, -0.2) is 114 Å². The zero-order valence-electron chi connectivity index (χ0n) is 36.7. The van der Waals surface area contributed by atoms with Crippen molar-refractivity contribution in [3.63, 3.8) is 0 Å². The summed E-state index contributed by atoms with van der Waals surface area (Å²) in [6.07, 6.45) is -0.778. The Hall–Kier alpha value is -5.97. The Balaban J connectivity index is 0.938. The van der Waals surface area contributed by atoms with Gasteiger partial charge in [-0.05, 0) is 100 Å². The summed E-state index contributed by atoms with van der Waals surface area (Å²) in [4.78, 5) is 65.1. The molecular formula is C46H53N7O9S2. The normalized spacial score (nSPS) is 17.3. The van der Waals surface area contributed by atoms with Crippen molar-refractivity contribution in [2.75, 3.05) is 56.0 Å². The maximum Gasteiger partial charge on any atom is 0.259 e. The molecule has 16 nitrogen and oxygen atoms in total. The molecule has 3 N–H and O–H groups in total. The van der Waals surface area contributed by atoms with Crippen LogP contribution in [0.25, 0.3) is 15.3 Å². The van der Waals surface area contributed by atoms with Crippen LogP contribution in [0.1, 0.15) is 50.9 Å². The third kappa shape index (κ3) is 11.0. The first-order chi connectivity index (χ1) is 30.6. The van der Waals surface area contributed by atoms with Gasteiger partial charge in [-0.2, -0.15) is 0 Å². The van der Waals surface area contributed by atoms with Gasteiger partial charge in [-0.1, -0.05) is 18.2 Å². The number of ether oxygens (including phenoxy) is 4. The Morgan fingerprint density at radius 1 is 0.984 bits per heavy atom. The molecule has 0 aliphatic carbocycles. The molecule has 3 aromatic carbocycles. The number of thiocarbonyl (C=S) groups is 1. The number of anilines is 2. The van der Waals surface area contributed by atoms with E-state index in [0.29, 0.717) is 60.0 Å². The van der Waals surface area contributed by atoms with Crippen LogP contribution in [0.15, 0.2) is 66.2 Å². The van der Waals surface area contributed by atoms with Crippen molar-refractivity contribution in [2.24, 2.45) is 0 Å². The van der Waals surface area contributed by atoms with E-state index in [4.69, 9.17) is 37.7 Å². The average Bonchev–Trinajstić information content (AvgIpc) is 3.92. The van der Waals surface area contributed by atoms with Crippen molar-refractivity contribution < 1.29 is 43.2 Å². The molecule has 1 aromatic heterocycles. The molecule has 2 saturated heterocycles. The van der Waals surface area contributed by atoms with Gasteiger partial charge in [0.1, 0.15) is 42.3 Å². The SMILES string of the molecule is [C-]#[N+]c1ccc(N2C(=O)C(C)(C)N(c3ccc(OCCOCCOCCOc4cc(-c5scnc5C)ccc4CNC(=O)[C@@H]4C[C@@H](O)CN4C(=O)[C@H](C)NC(C)=O)cc3)C2=S)cc1C. The van der Waals surface area contributed by atoms with E-state index in [1.165, 1.54) is 28.1 Å². The molecule has 2 fully saturated rings. The number of hydrogen-bond donors (Lipinski definition) is 3. The summed E-state index contributed by atoms with van der Waals surface area (Å²) in [5.41, 5.74) is 6.02. The van der Waals surface area contributed by atoms with Crippen LogP contribution in [0, 0.1) is 20.4 Å². The zero-order valence-corrected chi connectivity index (χ0v) is 38.3. The second-order valence-electron chi connectivity index (χ2n) is 15.9. The number of aryl methyl sites for hydroxylation is 2. The Kier molecular flexibility index (Phi) is 15.7. The first-order valence-electron chi connectivity index (χ1n) is 20.9. The van der Waals surface area contributed by atoms with Gasteiger partial charge in [0.15, 0.2) is 10.8 Å². The Labute approximate surface area is 382 Å². The van der Waals surface area contributed by atoms with Crippen LogP contribution >= 0.6 is 23.6 Å². The highest BCUT2D eigenvalue weighted by atomic mass is 32.1. The summed E-state index contributed by atoms with van der Waals surface area (Å²) in [5.74, 6) is -0.210. The minimum absolute atomic E-state index is 0.00449. The quantitative estimate of drug-likeness (QED) is 0.0614. The number of β-amino-alcohol motifs (C(OH)–C–C–N with tert-alkyl or cyclic N) is 1. The lowest BCUT2D eigenvalue weighted by Gasteiger charge is -2.29. The third-order valence-corrected chi connectivity index (χ3v) is 12.2. The minimum Gasteiger partial charge on any atom is -0.491 e. The standard InChI is InChI=1S/C46H53N7O9S2/c1-28-22-35(12-15-38(28)47-7)52-44(58)46(5,6)53(45(52)63)34-10-13-37(14-11-34)61-20-18-59-16-17-60-19-21-62-40-23-32(41-29(2)49-27-64-41)8-9-33(40)25-48-42(56)39-24-36(55)26-51(39)43(57)30(3)50-31(4)54/h8-15,22-23,27,30,36,39,55H,16-21,24-26H2,1-6H3,(H,48,56)(H,50,54)/t30-,36+,39-/m0/s1. The number of aliphatic hydroxyl groups excluding tert-OH is 1. The van der Waals surface area contributed by atoms with Crippen LogP contribution in [0.4, 0.5) is 17.1 Å². The molecule has 0 saturated carbocycles. The summed E-state index contributed by atoms with van der Waals surface area (Å²) in [6.45, 7) is 19.5. The Morgan fingerprint density at radius 3 is 2.30 bits per heavy atom. The summed E-state index contributed by atoms with van der Waals surface area (Å²) in [6, 6.07) is 16.6. The van der Waals surface area contributed by atoms with E-state index in [1.54, 1.807) is 30.6 Å². The Bertz CT molecular complexity index is 2400. The molecule has 0 unspecified atom stereocenters. The predicted octanol–water partition coefficient (Wildman–Crippen LogP) is 5.49. The van der Waals surface area contributed by atoms with E-state index >= 15 is 0 Å². The van der Waals surface area contributed by atoms with Gasteiger partial charge in [0, 0.05) is 43.4 Å². The van der Waals surface area contributed by atoms with Crippen molar-refractivity contribution in [2.45, 2.75) is 78.2 Å². The van der Waals surface area contributed by atoms with Crippen molar-refractivity contribution in [1.82, 2.24) is 20.5 Å². The molecule has 2 aliphatic rings. The number of aromatic nitrogens is 1. The fourth-order valence-corrected chi connectivity index (χ4v) is 8.90. The molecular weight excluding hydrogens is 859 g/mol. The molecule has 0 bridgehead atoms. The molecule has 3 atom stereocenters. The van der Waals surface area contributed by atoms with E-state index in [9.17, 15) is 24.3 Å². The minimum atomic E-state index is -0.936. The molecule has 0 radical (unpaired) electrons. The molecule has 18 heteroatoms. The summed E-state index contributed by atoms with van der Waals surface area (Å²) >= 11 is 7.32. The van der Waals surface area contributed by atoms with Crippen molar-refractivity contribution in [1.29, 1.82) is 0 Å². The van der Waals surface area contributed by atoms with Gasteiger partial charge in [0.25, 0.3) is 5.91 Å². The number of likely N-dealkylation sites (tertiary alicyclic amines) is 1. The number of thiazole rings is 1. The number of carbonyl (C=O) groups excluding carboxylic acids is 4. The van der Waals surface area contributed by atoms with Crippen molar-refractivity contribution in [3.05, 3.63) is 94.4 Å². The highest BCUT2D eigenvalue weighted by molar-refractivity contribution is 7.81. The highest BCUT2D eigenvalue weighted by Gasteiger charge is 2.50. The third-order valence-electron chi connectivity index (χ3n) is 10.9. The van der Waals surface area contributed by atoms with E-state index in [2.05, 4.69) is 20.5 Å². The number of aliphatic hydroxyl groups is 1. The molecule has 4 aromatic rings. The van der Waals surface area contributed by atoms with Gasteiger partial charge in [-0.3, -0.25) is 24.1 Å². The van der Waals surface area contributed by atoms with E-state index in [0.717, 1.165) is 27.4 Å². The molecule has 4 amide bonds. The number of benzene rings is 3. The highest BCUT2D eigenvalue weighted by Crippen LogP contribution is 2.38. The number of nitrogens with zero attached hydrogens (tertiary/aromatic N) is 5. The van der Waals surface area contributed by atoms with Gasteiger partial charge in [0.2, 0.25) is 17.7 Å². The maximum absolute atomic E-state index is 13.6. The van der Waals surface area contributed by atoms with Crippen LogP contribution in [0.3, 0.4) is 0 Å². The second kappa shape index (κ2) is 21.1. The summed E-state index contributed by atoms with van der Waals surface area (Å²) in [7, 11) is 0. The lowest BCUT2D eigenvalue weighted by molar-refractivity contribution is -0.141.